The van der Waals surface area contributed by atoms with Crippen LogP contribution in [0.2, 0.25) is 0 Å². The van der Waals surface area contributed by atoms with Crippen molar-refractivity contribution in [1.29, 1.82) is 0 Å². The molecular weight excluding hydrogens is 202 g/mol. The molecule has 0 radical (unpaired) electrons. The highest BCUT2D eigenvalue weighted by Crippen LogP contribution is 2.02. The van der Waals surface area contributed by atoms with E-state index >= 15 is 0 Å². The van der Waals surface area contributed by atoms with Crippen LogP contribution in [0, 0.1) is 6.92 Å². The number of benzene rings is 1. The number of carbonyl (C=O) groups is 1. The molecule has 4 N–H and O–H groups in total. The van der Waals surface area contributed by atoms with Crippen molar-refractivity contribution in [3.8, 4) is 0 Å². The molecule has 88 valence electrons. The molecule has 0 saturated heterocycles. The molecule has 0 aliphatic heterocycles. The molecule has 4 heteroatoms. The van der Waals surface area contributed by atoms with Gasteiger partial charge >= 0.3 is 6.03 Å². The van der Waals surface area contributed by atoms with Crippen LogP contribution in [0.5, 0.6) is 0 Å². The van der Waals surface area contributed by atoms with Crippen LogP contribution in [0.4, 0.5) is 4.79 Å². The quantitative estimate of drug-likeness (QED) is 0.653. The molecule has 0 heterocycles. The van der Waals surface area contributed by atoms with E-state index in [-0.39, 0.29) is 6.03 Å². The van der Waals surface area contributed by atoms with Gasteiger partial charge < -0.3 is 16.4 Å². The van der Waals surface area contributed by atoms with Crippen LogP contribution in [0.25, 0.3) is 0 Å². The summed E-state index contributed by atoms with van der Waals surface area (Å²) >= 11 is 0. The van der Waals surface area contributed by atoms with E-state index in [0.29, 0.717) is 19.6 Å². The van der Waals surface area contributed by atoms with Gasteiger partial charge in [0.2, 0.25) is 0 Å². The summed E-state index contributed by atoms with van der Waals surface area (Å²) in [7, 11) is 0. The van der Waals surface area contributed by atoms with E-state index in [1.807, 2.05) is 31.2 Å². The molecule has 0 aromatic heterocycles. The summed E-state index contributed by atoms with van der Waals surface area (Å²) in [6, 6.07) is 7.94. The Morgan fingerprint density at radius 1 is 1.25 bits per heavy atom. The fraction of sp³-hybridized carbons (Fsp3) is 0.417. The fourth-order valence-corrected chi connectivity index (χ4v) is 1.25. The normalized spacial score (nSPS) is 9.88. The van der Waals surface area contributed by atoms with Crippen LogP contribution in [-0.4, -0.2) is 19.1 Å². The maximum absolute atomic E-state index is 11.3. The van der Waals surface area contributed by atoms with Crippen molar-refractivity contribution >= 4 is 6.03 Å². The summed E-state index contributed by atoms with van der Waals surface area (Å²) in [5.41, 5.74) is 7.64. The van der Waals surface area contributed by atoms with Gasteiger partial charge in [-0.2, -0.15) is 0 Å². The summed E-state index contributed by atoms with van der Waals surface area (Å²) < 4.78 is 0. The molecule has 1 rings (SSSR count). The highest BCUT2D eigenvalue weighted by molar-refractivity contribution is 5.73. The fourth-order valence-electron chi connectivity index (χ4n) is 1.25. The second-order valence-corrected chi connectivity index (χ2v) is 3.74. The van der Waals surface area contributed by atoms with Gasteiger partial charge in [0.05, 0.1) is 0 Å². The van der Waals surface area contributed by atoms with Gasteiger partial charge in [0, 0.05) is 13.1 Å². The van der Waals surface area contributed by atoms with Gasteiger partial charge in [0.25, 0.3) is 0 Å². The minimum Gasteiger partial charge on any atom is -0.338 e. The van der Waals surface area contributed by atoms with Crippen LogP contribution in [0.1, 0.15) is 17.5 Å². The molecule has 2 amide bonds. The lowest BCUT2D eigenvalue weighted by Crippen LogP contribution is -2.36. The van der Waals surface area contributed by atoms with Gasteiger partial charge in [-0.25, -0.2) is 4.79 Å². The zero-order chi connectivity index (χ0) is 11.8. The van der Waals surface area contributed by atoms with Crippen molar-refractivity contribution in [2.75, 3.05) is 13.1 Å². The van der Waals surface area contributed by atoms with E-state index in [0.717, 1.165) is 12.0 Å². The Bertz CT molecular complexity index is 322. The standard InChI is InChI=1S/C12H19N3O/c1-10-3-5-11(6-4-10)9-15-12(16)14-8-2-7-13/h3-6H,2,7-9,13H2,1H3,(H2,14,15,16). The topological polar surface area (TPSA) is 67.2 Å². The first-order chi connectivity index (χ1) is 7.72. The predicted octanol–water partition coefficient (Wildman–Crippen LogP) is 1.14. The van der Waals surface area contributed by atoms with Gasteiger partial charge in [0.1, 0.15) is 0 Å². The Hall–Kier alpha value is -1.55. The van der Waals surface area contributed by atoms with Crippen molar-refractivity contribution in [2.24, 2.45) is 5.73 Å². The summed E-state index contributed by atoms with van der Waals surface area (Å²) in [6.07, 6.45) is 0.804. The molecule has 0 saturated carbocycles. The molecule has 1 aromatic carbocycles. The largest absolute Gasteiger partial charge is 0.338 e. The zero-order valence-corrected chi connectivity index (χ0v) is 9.62. The van der Waals surface area contributed by atoms with Crippen molar-refractivity contribution in [3.63, 3.8) is 0 Å². The first-order valence-electron chi connectivity index (χ1n) is 5.49. The molecule has 0 fully saturated rings. The molecule has 16 heavy (non-hydrogen) atoms. The minimum atomic E-state index is -0.144. The van der Waals surface area contributed by atoms with Gasteiger partial charge in [-0.3, -0.25) is 0 Å². The van der Waals surface area contributed by atoms with Crippen LogP contribution >= 0.6 is 0 Å². The third-order valence-corrected chi connectivity index (χ3v) is 2.24. The number of amides is 2. The molecule has 0 aliphatic rings. The Kier molecular flexibility index (Phi) is 5.36. The third-order valence-electron chi connectivity index (χ3n) is 2.24. The van der Waals surface area contributed by atoms with Crippen LogP contribution in [0.3, 0.4) is 0 Å². The molecule has 1 aromatic rings. The zero-order valence-electron chi connectivity index (χ0n) is 9.62. The van der Waals surface area contributed by atoms with Gasteiger partial charge in [-0.1, -0.05) is 29.8 Å². The van der Waals surface area contributed by atoms with Crippen molar-refractivity contribution in [1.82, 2.24) is 10.6 Å². The first kappa shape index (κ1) is 12.5. The van der Waals surface area contributed by atoms with E-state index < -0.39 is 0 Å². The Labute approximate surface area is 96.2 Å². The predicted molar refractivity (Wildman–Crippen MR) is 65.1 cm³/mol. The molecule has 0 unspecified atom stereocenters. The number of nitrogens with one attached hydrogen (secondary N) is 2. The Balaban J connectivity index is 2.23. The average molecular weight is 221 g/mol. The maximum atomic E-state index is 11.3. The molecule has 0 aliphatic carbocycles. The van der Waals surface area contributed by atoms with E-state index in [4.69, 9.17) is 5.73 Å². The minimum absolute atomic E-state index is 0.144. The molecular formula is C12H19N3O. The number of carbonyl (C=O) groups excluding carboxylic acids is 1. The molecule has 0 spiro atoms. The lowest BCUT2D eigenvalue weighted by Gasteiger charge is -2.07. The van der Waals surface area contributed by atoms with Crippen molar-refractivity contribution in [2.45, 2.75) is 19.9 Å². The lowest BCUT2D eigenvalue weighted by molar-refractivity contribution is 0.240. The van der Waals surface area contributed by atoms with Gasteiger partial charge in [-0.15, -0.1) is 0 Å². The van der Waals surface area contributed by atoms with Crippen LogP contribution < -0.4 is 16.4 Å². The molecule has 4 nitrogen and oxygen atoms in total. The Morgan fingerprint density at radius 2 is 1.94 bits per heavy atom. The number of hydrogen-bond donors (Lipinski definition) is 3. The van der Waals surface area contributed by atoms with Crippen LogP contribution in [-0.2, 0) is 6.54 Å². The van der Waals surface area contributed by atoms with E-state index in [9.17, 15) is 4.79 Å². The van der Waals surface area contributed by atoms with Crippen LogP contribution in [0.15, 0.2) is 24.3 Å². The van der Waals surface area contributed by atoms with E-state index in [1.165, 1.54) is 5.56 Å². The smallest absolute Gasteiger partial charge is 0.315 e. The van der Waals surface area contributed by atoms with Crippen molar-refractivity contribution < 1.29 is 4.79 Å². The molecule has 0 bridgehead atoms. The van der Waals surface area contributed by atoms with E-state index in [1.54, 1.807) is 0 Å². The number of urea groups is 1. The van der Waals surface area contributed by atoms with Gasteiger partial charge in [-0.05, 0) is 25.5 Å². The summed E-state index contributed by atoms with van der Waals surface area (Å²) in [5, 5.41) is 5.52. The van der Waals surface area contributed by atoms with E-state index in [2.05, 4.69) is 10.6 Å². The SMILES string of the molecule is Cc1ccc(CNC(=O)NCCCN)cc1. The summed E-state index contributed by atoms with van der Waals surface area (Å²) in [4.78, 5) is 11.3. The molecule has 0 atom stereocenters. The summed E-state index contributed by atoms with van der Waals surface area (Å²) in [6.45, 7) is 3.81. The van der Waals surface area contributed by atoms with Crippen molar-refractivity contribution in [3.05, 3.63) is 35.4 Å². The third kappa shape index (κ3) is 4.79. The monoisotopic (exact) mass is 221 g/mol. The maximum Gasteiger partial charge on any atom is 0.315 e. The number of hydrogen-bond acceptors (Lipinski definition) is 2. The van der Waals surface area contributed by atoms with Gasteiger partial charge in [0.15, 0.2) is 0 Å². The first-order valence-corrected chi connectivity index (χ1v) is 5.49. The summed E-state index contributed by atoms with van der Waals surface area (Å²) in [5.74, 6) is 0. The Morgan fingerprint density at radius 3 is 2.56 bits per heavy atom. The second-order valence-electron chi connectivity index (χ2n) is 3.74. The number of nitrogens with two attached hydrogens (primary N) is 1. The highest BCUT2D eigenvalue weighted by atomic mass is 16.2. The number of rotatable bonds is 5. The highest BCUT2D eigenvalue weighted by Gasteiger charge is 1.98. The second kappa shape index (κ2) is 6.85. The average Bonchev–Trinajstić information content (AvgIpc) is 2.29. The lowest BCUT2D eigenvalue weighted by atomic mass is 10.1. The number of aryl methyl sites for hydroxylation is 1.